The normalized spacial score (nSPS) is 9.85. The smallest absolute Gasteiger partial charge is 0.131 e. The minimum absolute atomic E-state index is 0.323. The molecule has 2 rings (SSSR count). The number of fused-ring (bicyclic) bond motifs is 1. The summed E-state index contributed by atoms with van der Waals surface area (Å²) in [5.41, 5.74) is 0.449. The van der Waals surface area contributed by atoms with Gasteiger partial charge in [0.1, 0.15) is 5.82 Å². The van der Waals surface area contributed by atoms with Gasteiger partial charge in [0.25, 0.3) is 0 Å². The van der Waals surface area contributed by atoms with Crippen molar-refractivity contribution in [3.8, 4) is 6.07 Å². The molecule has 2 aromatic rings. The summed E-state index contributed by atoms with van der Waals surface area (Å²) in [4.78, 5) is 3.84. The second kappa shape index (κ2) is 2.83. The highest BCUT2D eigenvalue weighted by atomic mass is 19.1. The Labute approximate surface area is 74.3 Å². The molecule has 0 fully saturated rings. The van der Waals surface area contributed by atoms with Crippen molar-refractivity contribution in [2.45, 2.75) is 0 Å². The van der Waals surface area contributed by atoms with E-state index in [1.165, 1.54) is 24.5 Å². The average molecular weight is 172 g/mol. The van der Waals surface area contributed by atoms with Gasteiger partial charge < -0.3 is 0 Å². The second-order valence-electron chi connectivity index (χ2n) is 2.63. The Morgan fingerprint density at radius 3 is 2.85 bits per heavy atom. The molecule has 0 bridgehead atoms. The van der Waals surface area contributed by atoms with E-state index in [0.717, 1.165) is 0 Å². The van der Waals surface area contributed by atoms with E-state index >= 15 is 0 Å². The van der Waals surface area contributed by atoms with Gasteiger partial charge in [-0.25, -0.2) is 4.39 Å². The maximum Gasteiger partial charge on any atom is 0.131 e. The van der Waals surface area contributed by atoms with Crippen LogP contribution >= 0.6 is 0 Å². The fraction of sp³-hybridized carbons (Fsp3) is 0. The number of nitriles is 1. The number of benzene rings is 1. The fourth-order valence-electron chi connectivity index (χ4n) is 1.25. The highest BCUT2D eigenvalue weighted by molar-refractivity contribution is 5.87. The summed E-state index contributed by atoms with van der Waals surface area (Å²) in [6.07, 6.45) is 3.00. The Morgan fingerprint density at radius 2 is 2.08 bits per heavy atom. The summed E-state index contributed by atoms with van der Waals surface area (Å²) < 4.78 is 13.2. The second-order valence-corrected chi connectivity index (χ2v) is 2.63. The zero-order chi connectivity index (χ0) is 9.26. The molecule has 0 spiro atoms. The van der Waals surface area contributed by atoms with Gasteiger partial charge >= 0.3 is 0 Å². The van der Waals surface area contributed by atoms with Crippen molar-refractivity contribution in [3.05, 3.63) is 42.0 Å². The first-order valence-electron chi connectivity index (χ1n) is 3.75. The van der Waals surface area contributed by atoms with Gasteiger partial charge in [0.2, 0.25) is 0 Å². The lowest BCUT2D eigenvalue weighted by Gasteiger charge is -1.99. The van der Waals surface area contributed by atoms with Crippen molar-refractivity contribution < 1.29 is 4.39 Å². The minimum Gasteiger partial charge on any atom is -0.264 e. The van der Waals surface area contributed by atoms with E-state index in [9.17, 15) is 4.39 Å². The standard InChI is InChI=1S/C10H5FN2/c11-10-2-1-7(5-12)9-6-13-4-3-8(9)10/h1-4,6H. The van der Waals surface area contributed by atoms with Gasteiger partial charge in [-0.15, -0.1) is 0 Å². The molecule has 0 radical (unpaired) electrons. The van der Waals surface area contributed by atoms with Crippen LogP contribution in [-0.2, 0) is 0 Å². The number of rotatable bonds is 0. The molecule has 0 saturated carbocycles. The van der Waals surface area contributed by atoms with Crippen LogP contribution in [0.3, 0.4) is 0 Å². The van der Waals surface area contributed by atoms with E-state index in [4.69, 9.17) is 5.26 Å². The molecule has 1 aromatic heterocycles. The van der Waals surface area contributed by atoms with Gasteiger partial charge in [0.15, 0.2) is 0 Å². The van der Waals surface area contributed by atoms with Gasteiger partial charge in [-0.3, -0.25) is 4.98 Å². The maximum absolute atomic E-state index is 13.2. The highest BCUT2D eigenvalue weighted by Gasteiger charge is 2.03. The molecule has 2 nitrogen and oxygen atoms in total. The SMILES string of the molecule is N#Cc1ccc(F)c2ccncc12. The third kappa shape index (κ3) is 1.13. The lowest BCUT2D eigenvalue weighted by atomic mass is 10.1. The van der Waals surface area contributed by atoms with E-state index in [2.05, 4.69) is 4.98 Å². The number of nitrogens with zero attached hydrogens (tertiary/aromatic N) is 2. The third-order valence-electron chi connectivity index (χ3n) is 1.89. The van der Waals surface area contributed by atoms with Crippen molar-refractivity contribution in [3.63, 3.8) is 0 Å². The van der Waals surface area contributed by atoms with Crippen molar-refractivity contribution >= 4 is 10.8 Å². The number of hydrogen-bond acceptors (Lipinski definition) is 2. The number of halogens is 1. The molecule has 0 saturated heterocycles. The van der Waals surface area contributed by atoms with E-state index in [1.807, 2.05) is 6.07 Å². The van der Waals surface area contributed by atoms with Gasteiger partial charge in [-0.1, -0.05) is 0 Å². The van der Waals surface area contributed by atoms with Crippen LogP contribution < -0.4 is 0 Å². The Kier molecular flexibility index (Phi) is 1.67. The lowest BCUT2D eigenvalue weighted by molar-refractivity contribution is 0.639. The Bertz CT molecular complexity index is 500. The largest absolute Gasteiger partial charge is 0.264 e. The van der Waals surface area contributed by atoms with Crippen LogP contribution in [0.15, 0.2) is 30.6 Å². The van der Waals surface area contributed by atoms with E-state index in [0.29, 0.717) is 16.3 Å². The molecule has 0 aliphatic rings. The Morgan fingerprint density at radius 1 is 1.23 bits per heavy atom. The van der Waals surface area contributed by atoms with Crippen LogP contribution in [0.1, 0.15) is 5.56 Å². The van der Waals surface area contributed by atoms with Crippen LogP contribution in [0.2, 0.25) is 0 Å². The molecule has 0 aliphatic heterocycles. The molecular weight excluding hydrogens is 167 g/mol. The third-order valence-corrected chi connectivity index (χ3v) is 1.89. The van der Waals surface area contributed by atoms with E-state index in [-0.39, 0.29) is 5.82 Å². The van der Waals surface area contributed by atoms with Crippen molar-refractivity contribution in [2.75, 3.05) is 0 Å². The fourth-order valence-corrected chi connectivity index (χ4v) is 1.25. The summed E-state index contributed by atoms with van der Waals surface area (Å²) in [6.45, 7) is 0. The van der Waals surface area contributed by atoms with E-state index in [1.54, 1.807) is 6.07 Å². The topological polar surface area (TPSA) is 36.7 Å². The van der Waals surface area contributed by atoms with Crippen LogP contribution in [0, 0.1) is 17.1 Å². The molecule has 3 heteroatoms. The first kappa shape index (κ1) is 7.69. The van der Waals surface area contributed by atoms with Crippen molar-refractivity contribution in [1.29, 1.82) is 5.26 Å². The monoisotopic (exact) mass is 172 g/mol. The van der Waals surface area contributed by atoms with Crippen LogP contribution in [0.25, 0.3) is 10.8 Å². The first-order chi connectivity index (χ1) is 6.33. The quantitative estimate of drug-likeness (QED) is 0.611. The molecular formula is C10H5FN2. The van der Waals surface area contributed by atoms with Gasteiger partial charge in [0, 0.05) is 23.2 Å². The van der Waals surface area contributed by atoms with Gasteiger partial charge in [0.05, 0.1) is 11.6 Å². The maximum atomic E-state index is 13.2. The number of pyridine rings is 1. The van der Waals surface area contributed by atoms with Crippen LogP contribution in [0.5, 0.6) is 0 Å². The lowest BCUT2D eigenvalue weighted by Crippen LogP contribution is -1.84. The molecule has 1 heterocycles. The number of aromatic nitrogens is 1. The molecule has 62 valence electrons. The summed E-state index contributed by atoms with van der Waals surface area (Å²) in [7, 11) is 0. The molecule has 0 unspecified atom stereocenters. The summed E-state index contributed by atoms with van der Waals surface area (Å²) in [5.74, 6) is -0.323. The first-order valence-corrected chi connectivity index (χ1v) is 3.75. The average Bonchev–Trinajstić information content (AvgIpc) is 2.19. The molecule has 0 aliphatic carbocycles. The zero-order valence-corrected chi connectivity index (χ0v) is 6.66. The molecule has 0 N–H and O–H groups in total. The highest BCUT2D eigenvalue weighted by Crippen LogP contribution is 2.19. The molecule has 13 heavy (non-hydrogen) atoms. The zero-order valence-electron chi connectivity index (χ0n) is 6.66. The summed E-state index contributed by atoms with van der Waals surface area (Å²) in [6, 6.07) is 6.30. The van der Waals surface area contributed by atoms with Crippen LogP contribution in [-0.4, -0.2) is 4.98 Å². The Balaban J connectivity index is 2.95. The Hall–Kier alpha value is -1.95. The van der Waals surface area contributed by atoms with Crippen molar-refractivity contribution in [2.24, 2.45) is 0 Å². The summed E-state index contributed by atoms with van der Waals surface area (Å²) in [5, 5.41) is 9.73. The van der Waals surface area contributed by atoms with Gasteiger partial charge in [-0.2, -0.15) is 5.26 Å². The van der Waals surface area contributed by atoms with Crippen molar-refractivity contribution in [1.82, 2.24) is 4.98 Å². The molecule has 0 atom stereocenters. The predicted molar refractivity (Wildman–Crippen MR) is 46.4 cm³/mol. The van der Waals surface area contributed by atoms with E-state index < -0.39 is 0 Å². The predicted octanol–water partition coefficient (Wildman–Crippen LogP) is 2.25. The molecule has 1 aromatic carbocycles. The van der Waals surface area contributed by atoms with Crippen LogP contribution in [0.4, 0.5) is 4.39 Å². The summed E-state index contributed by atoms with van der Waals surface area (Å²) >= 11 is 0. The van der Waals surface area contributed by atoms with Gasteiger partial charge in [-0.05, 0) is 18.2 Å². The molecule has 0 amide bonds. The number of hydrogen-bond donors (Lipinski definition) is 0. The minimum atomic E-state index is -0.323.